The highest BCUT2D eigenvalue weighted by Crippen LogP contribution is 2.35. The SMILES string of the molecule is CCC1(c2nc3cccc(C)c3o2)CCNC1. The summed E-state index contributed by atoms with van der Waals surface area (Å²) in [6.45, 7) is 6.33. The maximum Gasteiger partial charge on any atom is 0.203 e. The predicted octanol–water partition coefficient (Wildman–Crippen LogP) is 2.78. The predicted molar refractivity (Wildman–Crippen MR) is 68.2 cm³/mol. The van der Waals surface area contributed by atoms with E-state index in [9.17, 15) is 0 Å². The lowest BCUT2D eigenvalue weighted by Gasteiger charge is -2.21. The second-order valence-corrected chi connectivity index (χ2v) is 5.00. The van der Waals surface area contributed by atoms with Gasteiger partial charge in [-0.2, -0.15) is 0 Å². The second kappa shape index (κ2) is 3.84. The van der Waals surface area contributed by atoms with Gasteiger partial charge in [0, 0.05) is 6.54 Å². The van der Waals surface area contributed by atoms with Crippen molar-refractivity contribution in [2.24, 2.45) is 0 Å². The van der Waals surface area contributed by atoms with Gasteiger partial charge in [-0.1, -0.05) is 19.1 Å². The number of hydrogen-bond donors (Lipinski definition) is 1. The van der Waals surface area contributed by atoms with Crippen molar-refractivity contribution in [1.82, 2.24) is 10.3 Å². The third-order valence-electron chi connectivity index (χ3n) is 3.99. The molecule has 1 N–H and O–H groups in total. The standard InChI is InChI=1S/C14H18N2O/c1-3-14(7-8-15-9-14)13-16-11-6-4-5-10(2)12(11)17-13/h4-6,15H,3,7-9H2,1-2H3. The fourth-order valence-corrected chi connectivity index (χ4v) is 2.69. The number of oxazole rings is 1. The fraction of sp³-hybridized carbons (Fsp3) is 0.500. The Kier molecular flexibility index (Phi) is 2.44. The normalized spacial score (nSPS) is 24.6. The Morgan fingerprint density at radius 1 is 1.47 bits per heavy atom. The Morgan fingerprint density at radius 3 is 3.00 bits per heavy atom. The van der Waals surface area contributed by atoms with E-state index < -0.39 is 0 Å². The topological polar surface area (TPSA) is 38.1 Å². The molecule has 3 heteroatoms. The summed E-state index contributed by atoms with van der Waals surface area (Å²) in [5.74, 6) is 0.911. The van der Waals surface area contributed by atoms with Crippen molar-refractivity contribution in [1.29, 1.82) is 0 Å². The van der Waals surface area contributed by atoms with Crippen LogP contribution in [0.1, 0.15) is 31.2 Å². The van der Waals surface area contributed by atoms with Crippen LogP contribution in [-0.4, -0.2) is 18.1 Å². The van der Waals surface area contributed by atoms with Gasteiger partial charge < -0.3 is 9.73 Å². The number of nitrogens with zero attached hydrogens (tertiary/aromatic N) is 1. The van der Waals surface area contributed by atoms with Crippen LogP contribution in [-0.2, 0) is 5.41 Å². The molecule has 0 saturated carbocycles. The lowest BCUT2D eigenvalue weighted by molar-refractivity contribution is 0.344. The minimum Gasteiger partial charge on any atom is -0.440 e. The van der Waals surface area contributed by atoms with Crippen LogP contribution in [0.3, 0.4) is 0 Å². The molecule has 2 aromatic rings. The van der Waals surface area contributed by atoms with Gasteiger partial charge in [0.15, 0.2) is 5.58 Å². The van der Waals surface area contributed by atoms with Crippen LogP contribution in [0.25, 0.3) is 11.1 Å². The molecule has 3 rings (SSSR count). The zero-order chi connectivity index (χ0) is 11.9. The molecule has 0 aliphatic carbocycles. The average molecular weight is 230 g/mol. The number of aryl methyl sites for hydroxylation is 1. The van der Waals surface area contributed by atoms with E-state index in [0.717, 1.165) is 42.9 Å². The number of fused-ring (bicyclic) bond motifs is 1. The summed E-state index contributed by atoms with van der Waals surface area (Å²) in [6.07, 6.45) is 2.20. The first-order chi connectivity index (χ1) is 8.25. The number of para-hydroxylation sites is 1. The maximum absolute atomic E-state index is 6.03. The van der Waals surface area contributed by atoms with Gasteiger partial charge in [0.2, 0.25) is 5.89 Å². The van der Waals surface area contributed by atoms with Crippen LogP contribution in [0.2, 0.25) is 0 Å². The van der Waals surface area contributed by atoms with Gasteiger partial charge in [-0.3, -0.25) is 0 Å². The van der Waals surface area contributed by atoms with Gasteiger partial charge in [0.1, 0.15) is 5.52 Å². The number of rotatable bonds is 2. The Labute approximate surface area is 101 Å². The molecule has 0 amide bonds. The largest absolute Gasteiger partial charge is 0.440 e. The van der Waals surface area contributed by atoms with E-state index in [1.165, 1.54) is 5.56 Å². The van der Waals surface area contributed by atoms with Gasteiger partial charge in [-0.25, -0.2) is 4.98 Å². The van der Waals surface area contributed by atoms with Crippen LogP contribution in [0.15, 0.2) is 22.6 Å². The summed E-state index contributed by atoms with van der Waals surface area (Å²) in [5, 5.41) is 3.42. The summed E-state index contributed by atoms with van der Waals surface area (Å²) < 4.78 is 6.03. The molecule has 1 fully saturated rings. The van der Waals surface area contributed by atoms with Crippen LogP contribution in [0.5, 0.6) is 0 Å². The zero-order valence-corrected chi connectivity index (χ0v) is 10.4. The number of nitrogens with one attached hydrogen (secondary N) is 1. The number of hydrogen-bond acceptors (Lipinski definition) is 3. The van der Waals surface area contributed by atoms with Crippen LogP contribution in [0, 0.1) is 6.92 Å². The molecule has 3 nitrogen and oxygen atoms in total. The van der Waals surface area contributed by atoms with Gasteiger partial charge in [0.25, 0.3) is 0 Å². The summed E-state index contributed by atoms with van der Waals surface area (Å²) >= 11 is 0. The third-order valence-corrected chi connectivity index (χ3v) is 3.99. The quantitative estimate of drug-likeness (QED) is 0.862. The van der Waals surface area contributed by atoms with E-state index in [0.29, 0.717) is 0 Å². The van der Waals surface area contributed by atoms with Crippen LogP contribution < -0.4 is 5.32 Å². The van der Waals surface area contributed by atoms with Gasteiger partial charge in [0.05, 0.1) is 5.41 Å². The summed E-state index contributed by atoms with van der Waals surface area (Å²) in [6, 6.07) is 6.14. The van der Waals surface area contributed by atoms with E-state index in [4.69, 9.17) is 9.40 Å². The Balaban J connectivity index is 2.14. The fourth-order valence-electron chi connectivity index (χ4n) is 2.69. The Hall–Kier alpha value is -1.35. The van der Waals surface area contributed by atoms with Crippen molar-refractivity contribution in [3.05, 3.63) is 29.7 Å². The van der Waals surface area contributed by atoms with Crippen molar-refractivity contribution in [2.45, 2.75) is 32.1 Å². The van der Waals surface area contributed by atoms with Gasteiger partial charge >= 0.3 is 0 Å². The van der Waals surface area contributed by atoms with E-state index in [2.05, 4.69) is 25.2 Å². The Morgan fingerprint density at radius 2 is 2.35 bits per heavy atom. The van der Waals surface area contributed by atoms with Crippen molar-refractivity contribution >= 4 is 11.1 Å². The molecule has 1 saturated heterocycles. The zero-order valence-electron chi connectivity index (χ0n) is 10.4. The molecule has 1 aromatic carbocycles. The van der Waals surface area contributed by atoms with E-state index >= 15 is 0 Å². The average Bonchev–Trinajstić information content (AvgIpc) is 2.96. The molecule has 1 unspecified atom stereocenters. The van der Waals surface area contributed by atoms with Crippen LogP contribution in [0.4, 0.5) is 0 Å². The maximum atomic E-state index is 6.03. The highest BCUT2D eigenvalue weighted by Gasteiger charge is 2.38. The smallest absolute Gasteiger partial charge is 0.203 e. The molecule has 90 valence electrons. The van der Waals surface area contributed by atoms with Crippen molar-refractivity contribution in [2.75, 3.05) is 13.1 Å². The van der Waals surface area contributed by atoms with Crippen molar-refractivity contribution in [3.8, 4) is 0 Å². The van der Waals surface area contributed by atoms with Crippen molar-refractivity contribution < 1.29 is 4.42 Å². The summed E-state index contributed by atoms with van der Waals surface area (Å²) in [4.78, 5) is 4.69. The molecule has 0 radical (unpaired) electrons. The lowest BCUT2D eigenvalue weighted by atomic mass is 9.84. The highest BCUT2D eigenvalue weighted by atomic mass is 16.3. The second-order valence-electron chi connectivity index (χ2n) is 5.00. The van der Waals surface area contributed by atoms with Gasteiger partial charge in [-0.15, -0.1) is 0 Å². The molecule has 1 aliphatic heterocycles. The van der Waals surface area contributed by atoms with E-state index in [1.807, 2.05) is 12.1 Å². The minimum absolute atomic E-state index is 0.103. The lowest BCUT2D eigenvalue weighted by Crippen LogP contribution is -2.28. The first kappa shape index (κ1) is 10.8. The molecule has 17 heavy (non-hydrogen) atoms. The Bertz CT molecular complexity index is 538. The number of aromatic nitrogens is 1. The molecule has 1 atom stereocenters. The molecule has 2 heterocycles. The number of benzene rings is 1. The van der Waals surface area contributed by atoms with E-state index in [1.54, 1.807) is 0 Å². The molecular formula is C14H18N2O. The van der Waals surface area contributed by atoms with Crippen LogP contribution >= 0.6 is 0 Å². The summed E-state index contributed by atoms with van der Waals surface area (Å²) in [7, 11) is 0. The molecule has 0 spiro atoms. The first-order valence-electron chi connectivity index (χ1n) is 6.32. The van der Waals surface area contributed by atoms with Crippen molar-refractivity contribution in [3.63, 3.8) is 0 Å². The highest BCUT2D eigenvalue weighted by molar-refractivity contribution is 5.76. The molecule has 1 aromatic heterocycles. The molecule has 1 aliphatic rings. The minimum atomic E-state index is 0.103. The summed E-state index contributed by atoms with van der Waals surface area (Å²) in [5.41, 5.74) is 3.20. The monoisotopic (exact) mass is 230 g/mol. The third kappa shape index (κ3) is 1.57. The first-order valence-corrected chi connectivity index (χ1v) is 6.32. The van der Waals surface area contributed by atoms with E-state index in [-0.39, 0.29) is 5.41 Å². The molecular weight excluding hydrogens is 212 g/mol. The van der Waals surface area contributed by atoms with Gasteiger partial charge in [-0.05, 0) is 37.9 Å². The molecule has 0 bridgehead atoms.